The van der Waals surface area contributed by atoms with E-state index in [4.69, 9.17) is 16.3 Å². The summed E-state index contributed by atoms with van der Waals surface area (Å²) in [6, 6.07) is 3.09. The van der Waals surface area contributed by atoms with Gasteiger partial charge in [0.1, 0.15) is 11.9 Å². The number of hydrogen-bond acceptors (Lipinski definition) is 8. The van der Waals surface area contributed by atoms with Gasteiger partial charge in [0, 0.05) is 47.5 Å². The van der Waals surface area contributed by atoms with Crippen molar-refractivity contribution in [2.75, 3.05) is 26.2 Å². The van der Waals surface area contributed by atoms with Crippen LogP contribution in [-0.2, 0) is 14.3 Å². The van der Waals surface area contributed by atoms with Crippen molar-refractivity contribution in [3.8, 4) is 0 Å². The normalized spacial score (nSPS) is 19.2. The minimum atomic E-state index is -0.849. The van der Waals surface area contributed by atoms with E-state index in [0.29, 0.717) is 35.2 Å². The number of carboxylic acids is 1. The van der Waals surface area contributed by atoms with Crippen LogP contribution in [-0.4, -0.2) is 59.0 Å². The molecule has 4 rings (SSSR count). The Kier molecular flexibility index (Phi) is 6.54. The summed E-state index contributed by atoms with van der Waals surface area (Å²) in [6.45, 7) is 2.88. The molecule has 8 nitrogen and oxygen atoms in total. The van der Waals surface area contributed by atoms with Gasteiger partial charge in [-0.25, -0.2) is 14.2 Å². The zero-order valence-corrected chi connectivity index (χ0v) is 18.6. The fourth-order valence-electron chi connectivity index (χ4n) is 3.65. The molecule has 0 radical (unpaired) electrons. The number of esters is 1. The fraction of sp³-hybridized carbons (Fsp3) is 0.333. The molecule has 1 saturated heterocycles. The Hall–Kier alpha value is -2.82. The Balaban J connectivity index is 1.77. The Labute approximate surface area is 192 Å². The number of carbonyl (C=O) groups is 2. The van der Waals surface area contributed by atoms with Crippen molar-refractivity contribution in [2.24, 2.45) is 10.9 Å². The number of thiazole rings is 1. The van der Waals surface area contributed by atoms with Gasteiger partial charge in [0.2, 0.25) is 0 Å². The number of carboxylic acid groups (broad SMARTS) is 1. The fourth-order valence-corrected chi connectivity index (χ4v) is 4.50. The maximum absolute atomic E-state index is 13.7. The lowest BCUT2D eigenvalue weighted by molar-refractivity contribution is -0.147. The third-order valence-corrected chi connectivity index (χ3v) is 6.31. The number of halogens is 2. The molecular weight excluding hydrogens is 459 g/mol. The Morgan fingerprint density at radius 2 is 2.19 bits per heavy atom. The molecule has 2 aliphatic rings. The lowest BCUT2D eigenvalue weighted by Gasteiger charge is -2.38. The van der Waals surface area contributed by atoms with Crippen molar-refractivity contribution in [1.29, 1.82) is 0 Å². The molecule has 32 heavy (non-hydrogen) atoms. The number of rotatable bonds is 7. The number of carbonyl (C=O) groups excluding carboxylic acids is 1. The van der Waals surface area contributed by atoms with Crippen LogP contribution >= 0.6 is 22.9 Å². The molecule has 2 aromatic rings. The van der Waals surface area contributed by atoms with Crippen molar-refractivity contribution in [1.82, 2.24) is 15.2 Å². The number of ether oxygens (including phenoxy) is 1. The highest BCUT2D eigenvalue weighted by molar-refractivity contribution is 7.11. The van der Waals surface area contributed by atoms with Gasteiger partial charge in [-0.05, 0) is 19.1 Å². The van der Waals surface area contributed by atoms with E-state index in [0.717, 1.165) is 0 Å². The van der Waals surface area contributed by atoms with Gasteiger partial charge in [-0.15, -0.1) is 11.3 Å². The number of amidine groups is 1. The summed E-state index contributed by atoms with van der Waals surface area (Å²) in [6.07, 6.45) is 1.64. The van der Waals surface area contributed by atoms with Crippen LogP contribution in [0.15, 0.2) is 46.0 Å². The van der Waals surface area contributed by atoms with E-state index >= 15 is 0 Å². The molecular formula is C21H20ClFN4O4S. The number of nitrogens with zero attached hydrogens (tertiary/aromatic N) is 3. The second-order valence-electron chi connectivity index (χ2n) is 7.35. The summed E-state index contributed by atoms with van der Waals surface area (Å²) >= 11 is 7.71. The Bertz CT molecular complexity index is 1100. The Morgan fingerprint density at radius 3 is 2.81 bits per heavy atom. The zero-order chi connectivity index (χ0) is 22.8. The zero-order valence-electron chi connectivity index (χ0n) is 17.0. The van der Waals surface area contributed by atoms with E-state index in [2.05, 4.69) is 15.3 Å². The van der Waals surface area contributed by atoms with Crippen LogP contribution in [0.3, 0.4) is 0 Å². The number of benzene rings is 1. The van der Waals surface area contributed by atoms with Gasteiger partial charge in [-0.2, -0.15) is 0 Å². The molecule has 1 aromatic heterocycles. The second-order valence-corrected chi connectivity index (χ2v) is 8.65. The van der Waals surface area contributed by atoms with E-state index in [1.807, 2.05) is 4.90 Å². The predicted octanol–water partition coefficient (Wildman–Crippen LogP) is 2.86. The summed E-state index contributed by atoms with van der Waals surface area (Å²) in [7, 11) is 0. The average Bonchev–Trinajstić information content (AvgIpc) is 3.24. The monoisotopic (exact) mass is 478 g/mol. The molecule has 3 heterocycles. The van der Waals surface area contributed by atoms with Crippen LogP contribution in [0.25, 0.3) is 0 Å². The van der Waals surface area contributed by atoms with E-state index < -0.39 is 29.7 Å². The molecule has 0 bridgehead atoms. The van der Waals surface area contributed by atoms with Gasteiger partial charge >= 0.3 is 11.9 Å². The lowest BCUT2D eigenvalue weighted by Crippen LogP contribution is -2.52. The minimum Gasteiger partial charge on any atom is -0.481 e. The van der Waals surface area contributed by atoms with Gasteiger partial charge in [0.25, 0.3) is 0 Å². The number of aliphatic carboxylic acids is 1. The SMILES string of the molecule is CCOC(=O)C1=C(CN2CC(C(=O)O)C2)NC(c2nccs2)=NC1c1ccc(F)cc1Cl. The van der Waals surface area contributed by atoms with Crippen LogP contribution in [0.2, 0.25) is 5.02 Å². The number of aliphatic imine (C=N–C) groups is 1. The quantitative estimate of drug-likeness (QED) is 0.589. The highest BCUT2D eigenvalue weighted by Gasteiger charge is 2.38. The first kappa shape index (κ1) is 22.4. The minimum absolute atomic E-state index is 0.134. The van der Waals surface area contributed by atoms with Crippen molar-refractivity contribution in [3.05, 3.63) is 62.5 Å². The molecule has 0 aliphatic carbocycles. The molecule has 2 aliphatic heterocycles. The number of aromatic nitrogens is 1. The van der Waals surface area contributed by atoms with E-state index in [9.17, 15) is 19.1 Å². The molecule has 1 unspecified atom stereocenters. The first-order valence-corrected chi connectivity index (χ1v) is 11.2. The molecule has 11 heteroatoms. The summed E-state index contributed by atoms with van der Waals surface area (Å²) in [5, 5.41) is 14.9. The second kappa shape index (κ2) is 9.35. The predicted molar refractivity (Wildman–Crippen MR) is 117 cm³/mol. The maximum atomic E-state index is 13.7. The summed E-state index contributed by atoms with van der Waals surface area (Å²) in [5.41, 5.74) is 1.23. The van der Waals surface area contributed by atoms with E-state index in [-0.39, 0.29) is 23.7 Å². The average molecular weight is 479 g/mol. The topological polar surface area (TPSA) is 104 Å². The first-order chi connectivity index (χ1) is 15.4. The van der Waals surface area contributed by atoms with Crippen molar-refractivity contribution in [2.45, 2.75) is 13.0 Å². The summed E-state index contributed by atoms with van der Waals surface area (Å²) in [4.78, 5) is 35.1. The van der Waals surface area contributed by atoms with Crippen LogP contribution in [0.1, 0.15) is 23.5 Å². The molecule has 1 aromatic carbocycles. The van der Waals surface area contributed by atoms with Crippen molar-refractivity contribution < 1.29 is 23.8 Å². The molecule has 168 valence electrons. The third-order valence-electron chi connectivity index (χ3n) is 5.20. The van der Waals surface area contributed by atoms with Gasteiger partial charge in [-0.1, -0.05) is 17.7 Å². The van der Waals surface area contributed by atoms with E-state index in [1.54, 1.807) is 18.5 Å². The van der Waals surface area contributed by atoms with Crippen LogP contribution < -0.4 is 5.32 Å². The first-order valence-electron chi connectivity index (χ1n) is 9.92. The summed E-state index contributed by atoms with van der Waals surface area (Å²) in [5.74, 6) is -1.92. The lowest BCUT2D eigenvalue weighted by atomic mass is 9.94. The standard InChI is InChI=1S/C21H20ClFN4O4S/c1-2-31-21(30)16-15(10-27-8-11(9-27)20(28)29)25-18(19-24-5-6-32-19)26-17(16)13-4-3-12(23)7-14(13)22/h3-7,11,17H,2,8-10H2,1H3,(H,25,26)(H,28,29). The number of nitrogens with one attached hydrogen (secondary N) is 1. The maximum Gasteiger partial charge on any atom is 0.338 e. The van der Waals surface area contributed by atoms with Gasteiger partial charge in [0.15, 0.2) is 10.8 Å². The number of hydrogen-bond donors (Lipinski definition) is 2. The van der Waals surface area contributed by atoms with E-state index in [1.165, 1.54) is 29.5 Å². The van der Waals surface area contributed by atoms with Crippen LogP contribution in [0.5, 0.6) is 0 Å². The van der Waals surface area contributed by atoms with Gasteiger partial charge in [0.05, 0.1) is 18.1 Å². The van der Waals surface area contributed by atoms with Crippen molar-refractivity contribution >= 4 is 40.7 Å². The molecule has 2 N–H and O–H groups in total. The molecule has 0 spiro atoms. The molecule has 1 atom stereocenters. The largest absolute Gasteiger partial charge is 0.481 e. The Morgan fingerprint density at radius 1 is 1.41 bits per heavy atom. The molecule has 0 saturated carbocycles. The van der Waals surface area contributed by atoms with Crippen molar-refractivity contribution in [3.63, 3.8) is 0 Å². The third kappa shape index (κ3) is 4.52. The smallest absolute Gasteiger partial charge is 0.338 e. The van der Waals surface area contributed by atoms with Crippen LogP contribution in [0.4, 0.5) is 4.39 Å². The summed E-state index contributed by atoms with van der Waals surface area (Å²) < 4.78 is 19.0. The molecule has 0 amide bonds. The highest BCUT2D eigenvalue weighted by Crippen LogP contribution is 2.37. The molecule has 1 fully saturated rings. The van der Waals surface area contributed by atoms with Gasteiger partial charge < -0.3 is 15.2 Å². The van der Waals surface area contributed by atoms with Crippen LogP contribution in [0, 0.1) is 11.7 Å². The van der Waals surface area contributed by atoms with Gasteiger partial charge in [-0.3, -0.25) is 14.7 Å². The highest BCUT2D eigenvalue weighted by atomic mass is 35.5. The number of likely N-dealkylation sites (tertiary alicyclic amines) is 1.